The van der Waals surface area contributed by atoms with Crippen LogP contribution in [-0.4, -0.2) is 37.8 Å². The third-order valence-corrected chi connectivity index (χ3v) is 6.29. The van der Waals surface area contributed by atoms with Crippen LogP contribution in [0.3, 0.4) is 0 Å². The summed E-state index contributed by atoms with van der Waals surface area (Å²) in [6, 6.07) is 20.4. The van der Waals surface area contributed by atoms with E-state index in [9.17, 15) is 24.6 Å². The first-order valence-electron chi connectivity index (χ1n) is 11.5. The van der Waals surface area contributed by atoms with Gasteiger partial charge >= 0.3 is 5.97 Å². The second-order valence-electron chi connectivity index (χ2n) is 8.76. The average Bonchev–Trinajstić information content (AvgIpc) is 3.41. The van der Waals surface area contributed by atoms with Gasteiger partial charge in [-0.3, -0.25) is 14.5 Å². The second-order valence-corrected chi connectivity index (χ2v) is 8.76. The van der Waals surface area contributed by atoms with Gasteiger partial charge in [0.15, 0.2) is 11.5 Å². The van der Waals surface area contributed by atoms with Gasteiger partial charge in [-0.15, -0.1) is 0 Å². The number of aromatic amines is 1. The Hall–Kier alpha value is -4.72. The predicted molar refractivity (Wildman–Crippen MR) is 134 cm³/mol. The number of carbonyl (C=O) groups excluding carboxylic acids is 2. The normalized spacial score (nSPS) is 15.6. The van der Waals surface area contributed by atoms with Gasteiger partial charge < -0.3 is 15.2 Å². The smallest absolute Gasteiger partial charge is 0.335 e. The number of aliphatic hydroxyl groups is 1. The number of carboxylic acid groups (broad SMARTS) is 1. The molecule has 3 aromatic carbocycles. The lowest BCUT2D eigenvalue weighted by Crippen LogP contribution is -2.32. The SMILES string of the molecule is Cc1cccc(C2C(C(=O)CCc3ccccc3)=C(O)C(=O)N2c2nc3ccc(C(=O)O)cc3[nH]2)c1. The van der Waals surface area contributed by atoms with Crippen molar-refractivity contribution < 1.29 is 24.6 Å². The number of aryl methyl sites for hydroxylation is 2. The highest BCUT2D eigenvalue weighted by molar-refractivity contribution is 6.16. The fourth-order valence-electron chi connectivity index (χ4n) is 4.54. The molecule has 8 heteroatoms. The van der Waals surface area contributed by atoms with Crippen LogP contribution in [0.1, 0.15) is 39.5 Å². The van der Waals surface area contributed by atoms with Crippen LogP contribution in [0.5, 0.6) is 0 Å². The summed E-state index contributed by atoms with van der Waals surface area (Å²) in [6.07, 6.45) is 0.586. The van der Waals surface area contributed by atoms with Gasteiger partial charge in [-0.1, -0.05) is 60.2 Å². The minimum Gasteiger partial charge on any atom is -0.503 e. The molecule has 2 heterocycles. The maximum absolute atomic E-state index is 13.4. The van der Waals surface area contributed by atoms with Gasteiger partial charge in [0.2, 0.25) is 5.95 Å². The van der Waals surface area contributed by atoms with Crippen LogP contribution in [0.4, 0.5) is 5.95 Å². The lowest BCUT2D eigenvalue weighted by molar-refractivity contribution is -0.118. The Bertz CT molecular complexity index is 1540. The molecule has 180 valence electrons. The van der Waals surface area contributed by atoms with E-state index in [4.69, 9.17) is 0 Å². The van der Waals surface area contributed by atoms with Crippen LogP contribution in [0.2, 0.25) is 0 Å². The van der Waals surface area contributed by atoms with Crippen LogP contribution in [0.25, 0.3) is 11.0 Å². The number of nitrogens with one attached hydrogen (secondary N) is 1. The third-order valence-electron chi connectivity index (χ3n) is 6.29. The predicted octanol–water partition coefficient (Wildman–Crippen LogP) is 4.67. The minimum atomic E-state index is -1.09. The van der Waals surface area contributed by atoms with E-state index in [-0.39, 0.29) is 29.3 Å². The van der Waals surface area contributed by atoms with E-state index < -0.39 is 23.7 Å². The largest absolute Gasteiger partial charge is 0.503 e. The fraction of sp³-hybridized carbons (Fsp3) is 0.143. The molecule has 0 saturated heterocycles. The molecule has 0 aliphatic carbocycles. The lowest BCUT2D eigenvalue weighted by Gasteiger charge is -2.25. The number of hydrogen-bond acceptors (Lipinski definition) is 5. The van der Waals surface area contributed by atoms with Crippen molar-refractivity contribution in [2.75, 3.05) is 4.90 Å². The molecule has 0 saturated carbocycles. The summed E-state index contributed by atoms with van der Waals surface area (Å²) in [6.45, 7) is 1.90. The highest BCUT2D eigenvalue weighted by Crippen LogP contribution is 2.41. The maximum atomic E-state index is 13.4. The number of anilines is 1. The molecule has 1 unspecified atom stereocenters. The first kappa shape index (κ1) is 23.0. The molecule has 8 nitrogen and oxygen atoms in total. The second kappa shape index (κ2) is 9.14. The van der Waals surface area contributed by atoms with Crippen molar-refractivity contribution in [1.82, 2.24) is 9.97 Å². The molecular formula is C28H23N3O5. The van der Waals surface area contributed by atoms with E-state index in [0.29, 0.717) is 23.0 Å². The summed E-state index contributed by atoms with van der Waals surface area (Å²) in [4.78, 5) is 46.9. The molecule has 0 radical (unpaired) electrons. The van der Waals surface area contributed by atoms with E-state index in [1.807, 2.05) is 55.5 Å². The van der Waals surface area contributed by atoms with E-state index >= 15 is 0 Å². The molecule has 3 N–H and O–H groups in total. The highest BCUT2D eigenvalue weighted by atomic mass is 16.4. The van der Waals surface area contributed by atoms with Gasteiger partial charge in [-0.25, -0.2) is 9.78 Å². The Morgan fingerprint density at radius 2 is 1.81 bits per heavy atom. The number of rotatable bonds is 7. The summed E-state index contributed by atoms with van der Waals surface area (Å²) >= 11 is 0. The Kier molecular flexibility index (Phi) is 5.85. The number of Topliss-reactive ketones (excluding diaryl/α,β-unsaturated/α-hetero) is 1. The number of benzene rings is 3. The number of ketones is 1. The number of H-pyrrole nitrogens is 1. The molecule has 1 aromatic heterocycles. The van der Waals surface area contributed by atoms with Crippen molar-refractivity contribution in [3.63, 3.8) is 0 Å². The van der Waals surface area contributed by atoms with Gasteiger partial charge in [-0.05, 0) is 42.7 Å². The van der Waals surface area contributed by atoms with E-state index in [2.05, 4.69) is 9.97 Å². The van der Waals surface area contributed by atoms with Crippen molar-refractivity contribution in [1.29, 1.82) is 0 Å². The molecule has 1 aliphatic heterocycles. The Balaban J connectivity index is 1.56. The van der Waals surface area contributed by atoms with Crippen LogP contribution in [0.15, 0.2) is 84.1 Å². The summed E-state index contributed by atoms with van der Waals surface area (Å²) in [7, 11) is 0. The number of aromatic carboxylic acids is 1. The maximum Gasteiger partial charge on any atom is 0.335 e. The topological polar surface area (TPSA) is 124 Å². The fourth-order valence-corrected chi connectivity index (χ4v) is 4.54. The molecular weight excluding hydrogens is 458 g/mol. The van der Waals surface area contributed by atoms with Crippen molar-refractivity contribution in [3.05, 3.63) is 106 Å². The van der Waals surface area contributed by atoms with Gasteiger partial charge in [0.25, 0.3) is 5.91 Å². The van der Waals surface area contributed by atoms with Crippen LogP contribution < -0.4 is 4.90 Å². The van der Waals surface area contributed by atoms with Crippen molar-refractivity contribution in [2.24, 2.45) is 0 Å². The van der Waals surface area contributed by atoms with Crippen LogP contribution >= 0.6 is 0 Å². The molecule has 0 spiro atoms. The molecule has 0 fully saturated rings. The number of imidazole rings is 1. The van der Waals surface area contributed by atoms with Gasteiger partial charge in [0.1, 0.15) is 0 Å². The molecule has 5 rings (SSSR count). The Labute approximate surface area is 206 Å². The minimum absolute atomic E-state index is 0.0215. The quantitative estimate of drug-likeness (QED) is 0.352. The monoisotopic (exact) mass is 481 g/mol. The van der Waals surface area contributed by atoms with Crippen molar-refractivity contribution in [2.45, 2.75) is 25.8 Å². The number of carboxylic acids is 1. The zero-order valence-corrected chi connectivity index (χ0v) is 19.4. The number of amides is 1. The first-order chi connectivity index (χ1) is 17.3. The molecule has 1 aliphatic rings. The molecule has 1 amide bonds. The van der Waals surface area contributed by atoms with Crippen molar-refractivity contribution in [3.8, 4) is 0 Å². The molecule has 36 heavy (non-hydrogen) atoms. The summed E-state index contributed by atoms with van der Waals surface area (Å²) in [5, 5.41) is 20.2. The first-order valence-corrected chi connectivity index (χ1v) is 11.5. The number of aromatic nitrogens is 2. The number of carbonyl (C=O) groups is 3. The van der Waals surface area contributed by atoms with E-state index in [1.54, 1.807) is 12.1 Å². The number of aliphatic hydroxyl groups excluding tert-OH is 1. The molecule has 0 bridgehead atoms. The highest BCUT2D eigenvalue weighted by Gasteiger charge is 2.45. The number of hydrogen-bond donors (Lipinski definition) is 3. The summed E-state index contributed by atoms with van der Waals surface area (Å²) in [5.41, 5.74) is 3.52. The van der Waals surface area contributed by atoms with Gasteiger partial charge in [0.05, 0.1) is 28.2 Å². The molecule has 1 atom stereocenters. The van der Waals surface area contributed by atoms with Gasteiger partial charge in [0, 0.05) is 6.42 Å². The van der Waals surface area contributed by atoms with E-state index in [0.717, 1.165) is 11.1 Å². The lowest BCUT2D eigenvalue weighted by atomic mass is 9.92. The third kappa shape index (κ3) is 4.13. The summed E-state index contributed by atoms with van der Waals surface area (Å²) < 4.78 is 0. The van der Waals surface area contributed by atoms with E-state index in [1.165, 1.54) is 17.0 Å². The standard InChI is InChI=1S/C28H23N3O5/c1-16-6-5-9-18(14-16)24-23(22(32)13-10-17-7-3-2-4-8-17)25(33)26(34)31(24)28-29-20-12-11-19(27(35)36)15-21(20)30-28/h2-9,11-12,14-15,24,33H,10,13H2,1H3,(H,29,30)(H,35,36). The average molecular weight is 482 g/mol. The zero-order valence-electron chi connectivity index (χ0n) is 19.4. The number of fused-ring (bicyclic) bond motifs is 1. The molecule has 4 aromatic rings. The zero-order chi connectivity index (χ0) is 25.4. The van der Waals surface area contributed by atoms with Crippen molar-refractivity contribution >= 4 is 34.6 Å². The number of nitrogens with zero attached hydrogens (tertiary/aromatic N) is 2. The van der Waals surface area contributed by atoms with Gasteiger partial charge in [-0.2, -0.15) is 0 Å². The Morgan fingerprint density at radius 3 is 2.53 bits per heavy atom. The van der Waals surface area contributed by atoms with Crippen LogP contribution in [0, 0.1) is 6.92 Å². The van der Waals surface area contributed by atoms with Crippen LogP contribution in [-0.2, 0) is 16.0 Å². The summed E-state index contributed by atoms with van der Waals surface area (Å²) in [5.74, 6) is -2.66. The Morgan fingerprint density at radius 1 is 1.03 bits per heavy atom.